The lowest BCUT2D eigenvalue weighted by molar-refractivity contribution is -0.125. The SMILES string of the molecule is CC(C)Oc1ccccc1[C@H](C)NC(=O)CCNC(=O)C1CCCC1. The summed E-state index contributed by atoms with van der Waals surface area (Å²) in [6.07, 6.45) is 4.58. The topological polar surface area (TPSA) is 67.4 Å². The van der Waals surface area contributed by atoms with Gasteiger partial charge < -0.3 is 15.4 Å². The molecule has 2 N–H and O–H groups in total. The summed E-state index contributed by atoms with van der Waals surface area (Å²) >= 11 is 0. The fourth-order valence-corrected chi connectivity index (χ4v) is 3.22. The molecule has 1 atom stereocenters. The maximum Gasteiger partial charge on any atom is 0.223 e. The van der Waals surface area contributed by atoms with Crippen molar-refractivity contribution in [3.05, 3.63) is 29.8 Å². The van der Waals surface area contributed by atoms with Crippen LogP contribution in [0, 0.1) is 5.92 Å². The van der Waals surface area contributed by atoms with Crippen LogP contribution in [0.5, 0.6) is 5.75 Å². The van der Waals surface area contributed by atoms with E-state index >= 15 is 0 Å². The molecule has 138 valence electrons. The second-order valence-corrected chi connectivity index (χ2v) is 7.02. The minimum absolute atomic E-state index is 0.0708. The van der Waals surface area contributed by atoms with E-state index in [0.29, 0.717) is 6.54 Å². The predicted octanol–water partition coefficient (Wildman–Crippen LogP) is 3.35. The second-order valence-electron chi connectivity index (χ2n) is 7.02. The van der Waals surface area contributed by atoms with Crippen molar-refractivity contribution in [2.45, 2.75) is 65.0 Å². The van der Waals surface area contributed by atoms with Crippen molar-refractivity contribution in [3.63, 3.8) is 0 Å². The molecule has 0 unspecified atom stereocenters. The Hall–Kier alpha value is -2.04. The Kier molecular flexibility index (Phi) is 7.29. The maximum absolute atomic E-state index is 12.2. The molecule has 1 saturated carbocycles. The van der Waals surface area contributed by atoms with Crippen molar-refractivity contribution in [2.24, 2.45) is 5.92 Å². The molecule has 0 bridgehead atoms. The van der Waals surface area contributed by atoms with Gasteiger partial charge in [0.1, 0.15) is 5.75 Å². The quantitative estimate of drug-likeness (QED) is 0.758. The summed E-state index contributed by atoms with van der Waals surface area (Å²) in [4.78, 5) is 24.1. The van der Waals surface area contributed by atoms with Gasteiger partial charge in [-0.1, -0.05) is 31.0 Å². The smallest absolute Gasteiger partial charge is 0.223 e. The van der Waals surface area contributed by atoms with Gasteiger partial charge in [-0.15, -0.1) is 0 Å². The average Bonchev–Trinajstić information content (AvgIpc) is 3.09. The van der Waals surface area contributed by atoms with Crippen molar-refractivity contribution >= 4 is 11.8 Å². The summed E-state index contributed by atoms with van der Waals surface area (Å²) in [5.74, 6) is 0.953. The second kappa shape index (κ2) is 9.44. The van der Waals surface area contributed by atoms with Crippen LogP contribution in [0.3, 0.4) is 0 Å². The third-order valence-electron chi connectivity index (χ3n) is 4.50. The Morgan fingerprint density at radius 1 is 1.16 bits per heavy atom. The first-order chi connectivity index (χ1) is 12.0. The molecule has 2 amide bonds. The van der Waals surface area contributed by atoms with Gasteiger partial charge in [0.25, 0.3) is 0 Å². The van der Waals surface area contributed by atoms with Crippen molar-refractivity contribution in [1.82, 2.24) is 10.6 Å². The first-order valence-corrected chi connectivity index (χ1v) is 9.30. The Labute approximate surface area is 150 Å². The number of ether oxygens (including phenoxy) is 1. The zero-order valence-electron chi connectivity index (χ0n) is 15.5. The van der Waals surface area contributed by atoms with Gasteiger partial charge in [-0.2, -0.15) is 0 Å². The van der Waals surface area contributed by atoms with Gasteiger partial charge >= 0.3 is 0 Å². The van der Waals surface area contributed by atoms with Crippen LogP contribution in [0.2, 0.25) is 0 Å². The molecule has 0 aliphatic heterocycles. The van der Waals surface area contributed by atoms with E-state index in [2.05, 4.69) is 10.6 Å². The van der Waals surface area contributed by atoms with E-state index in [1.54, 1.807) is 0 Å². The van der Waals surface area contributed by atoms with Crippen molar-refractivity contribution in [3.8, 4) is 5.75 Å². The van der Waals surface area contributed by atoms with Crippen LogP contribution in [0.4, 0.5) is 0 Å². The van der Waals surface area contributed by atoms with Gasteiger partial charge in [0.05, 0.1) is 12.1 Å². The first kappa shape index (κ1) is 19.3. The summed E-state index contributed by atoms with van der Waals surface area (Å²) in [5.41, 5.74) is 0.958. The lowest BCUT2D eigenvalue weighted by Gasteiger charge is -2.20. The van der Waals surface area contributed by atoms with Crippen LogP contribution >= 0.6 is 0 Å². The Bertz CT molecular complexity index is 580. The molecular weight excluding hydrogens is 316 g/mol. The minimum atomic E-state index is -0.145. The molecule has 2 rings (SSSR count). The lowest BCUT2D eigenvalue weighted by Crippen LogP contribution is -2.34. The molecule has 0 heterocycles. The molecular formula is C20H30N2O3. The Balaban J connectivity index is 1.79. The molecule has 1 aliphatic rings. The number of amides is 2. The summed E-state index contributed by atoms with van der Waals surface area (Å²) in [6, 6.07) is 7.60. The highest BCUT2D eigenvalue weighted by atomic mass is 16.5. The monoisotopic (exact) mass is 346 g/mol. The van der Waals surface area contributed by atoms with Crippen molar-refractivity contribution in [2.75, 3.05) is 6.54 Å². The van der Waals surface area contributed by atoms with E-state index in [9.17, 15) is 9.59 Å². The third kappa shape index (κ3) is 6.07. The molecule has 1 aliphatic carbocycles. The molecule has 0 saturated heterocycles. The van der Waals surface area contributed by atoms with Gasteiger partial charge in [0, 0.05) is 24.4 Å². The van der Waals surface area contributed by atoms with E-state index in [4.69, 9.17) is 4.74 Å². The van der Waals surface area contributed by atoms with Gasteiger partial charge in [-0.3, -0.25) is 9.59 Å². The Morgan fingerprint density at radius 3 is 2.52 bits per heavy atom. The van der Waals surface area contributed by atoms with E-state index in [0.717, 1.165) is 37.0 Å². The van der Waals surface area contributed by atoms with Crippen LogP contribution in [-0.2, 0) is 9.59 Å². The summed E-state index contributed by atoms with van der Waals surface area (Å²) < 4.78 is 5.81. The highest BCUT2D eigenvalue weighted by Gasteiger charge is 2.22. The fourth-order valence-electron chi connectivity index (χ4n) is 3.22. The standard InChI is InChI=1S/C20H30N2O3/c1-14(2)25-18-11-7-6-10-17(18)15(3)22-19(23)12-13-21-20(24)16-8-4-5-9-16/h6-7,10-11,14-16H,4-5,8-9,12-13H2,1-3H3,(H,21,24)(H,22,23)/t15-/m0/s1. The third-order valence-corrected chi connectivity index (χ3v) is 4.50. The molecule has 5 nitrogen and oxygen atoms in total. The van der Waals surface area contributed by atoms with Gasteiger partial charge in [-0.25, -0.2) is 0 Å². The zero-order valence-corrected chi connectivity index (χ0v) is 15.5. The molecule has 0 radical (unpaired) electrons. The highest BCUT2D eigenvalue weighted by Crippen LogP contribution is 2.26. The number of benzene rings is 1. The molecule has 1 aromatic carbocycles. The van der Waals surface area contributed by atoms with Crippen LogP contribution < -0.4 is 15.4 Å². The number of hydrogen-bond acceptors (Lipinski definition) is 3. The predicted molar refractivity (Wildman–Crippen MR) is 98.3 cm³/mol. The maximum atomic E-state index is 12.2. The first-order valence-electron chi connectivity index (χ1n) is 9.30. The van der Waals surface area contributed by atoms with E-state index < -0.39 is 0 Å². The molecule has 0 spiro atoms. The lowest BCUT2D eigenvalue weighted by atomic mass is 10.1. The normalized spacial score (nSPS) is 15.8. The van der Waals surface area contributed by atoms with E-state index in [1.165, 1.54) is 0 Å². The summed E-state index contributed by atoms with van der Waals surface area (Å²) in [5, 5.41) is 5.86. The minimum Gasteiger partial charge on any atom is -0.491 e. The summed E-state index contributed by atoms with van der Waals surface area (Å²) in [7, 11) is 0. The van der Waals surface area contributed by atoms with E-state index in [-0.39, 0.29) is 36.3 Å². The van der Waals surface area contributed by atoms with Crippen molar-refractivity contribution < 1.29 is 14.3 Å². The van der Waals surface area contributed by atoms with Crippen molar-refractivity contribution in [1.29, 1.82) is 0 Å². The number of carbonyl (C=O) groups excluding carboxylic acids is 2. The van der Waals surface area contributed by atoms with Crippen LogP contribution in [-0.4, -0.2) is 24.5 Å². The van der Waals surface area contributed by atoms with Gasteiger partial charge in [0.15, 0.2) is 0 Å². The molecule has 25 heavy (non-hydrogen) atoms. The Morgan fingerprint density at radius 2 is 1.84 bits per heavy atom. The molecule has 5 heteroatoms. The largest absolute Gasteiger partial charge is 0.491 e. The van der Waals surface area contributed by atoms with Gasteiger partial charge in [-0.05, 0) is 39.7 Å². The zero-order chi connectivity index (χ0) is 18.2. The summed E-state index contributed by atoms with van der Waals surface area (Å²) in [6.45, 7) is 6.29. The molecule has 1 fully saturated rings. The molecule has 0 aromatic heterocycles. The van der Waals surface area contributed by atoms with Crippen LogP contribution in [0.25, 0.3) is 0 Å². The molecule has 1 aromatic rings. The number of nitrogens with one attached hydrogen (secondary N) is 2. The van der Waals surface area contributed by atoms with Crippen LogP contribution in [0.15, 0.2) is 24.3 Å². The van der Waals surface area contributed by atoms with E-state index in [1.807, 2.05) is 45.0 Å². The average molecular weight is 346 g/mol. The number of carbonyl (C=O) groups is 2. The number of rotatable bonds is 8. The highest BCUT2D eigenvalue weighted by molar-refractivity contribution is 5.80. The van der Waals surface area contributed by atoms with Gasteiger partial charge in [0.2, 0.25) is 11.8 Å². The fraction of sp³-hybridized carbons (Fsp3) is 0.600. The number of hydrogen-bond donors (Lipinski definition) is 2. The van der Waals surface area contributed by atoms with Crippen LogP contribution in [0.1, 0.15) is 64.5 Å². The number of para-hydroxylation sites is 1.